The molecular formula is C46H58N8O8. The molecule has 0 saturated carbocycles. The van der Waals surface area contributed by atoms with Crippen molar-refractivity contribution >= 4 is 40.4 Å². The Bertz CT molecular complexity index is 2340. The summed E-state index contributed by atoms with van der Waals surface area (Å²) in [5.74, 6) is -0.669. The van der Waals surface area contributed by atoms with Gasteiger partial charge in [0.1, 0.15) is 35.8 Å². The van der Waals surface area contributed by atoms with Crippen LogP contribution in [-0.4, -0.2) is 97.7 Å². The number of imidazole rings is 1. The summed E-state index contributed by atoms with van der Waals surface area (Å²) < 4.78 is 13.2. The van der Waals surface area contributed by atoms with Crippen molar-refractivity contribution in [3.8, 4) is 5.75 Å². The molecule has 62 heavy (non-hydrogen) atoms. The largest absolute Gasteiger partial charge is 0.497 e. The second-order valence-electron chi connectivity index (χ2n) is 16.9. The molecule has 6 atom stereocenters. The average Bonchev–Trinajstić information content (AvgIpc) is 3.80. The number of anilines is 1. The Morgan fingerprint density at radius 2 is 1.66 bits per heavy atom. The van der Waals surface area contributed by atoms with Gasteiger partial charge >= 0.3 is 0 Å². The maximum Gasteiger partial charge on any atom is 0.242 e. The smallest absolute Gasteiger partial charge is 0.242 e. The first-order chi connectivity index (χ1) is 29.6. The van der Waals surface area contributed by atoms with Gasteiger partial charge < -0.3 is 41.4 Å². The van der Waals surface area contributed by atoms with E-state index in [1.54, 1.807) is 41.7 Å². The van der Waals surface area contributed by atoms with Gasteiger partial charge in [0.05, 0.1) is 19.5 Å². The zero-order valence-electron chi connectivity index (χ0n) is 36.2. The molecule has 330 valence electrons. The van der Waals surface area contributed by atoms with Gasteiger partial charge in [-0.25, -0.2) is 15.0 Å². The number of nitrogens with one attached hydrogen (secondary N) is 3. The monoisotopic (exact) mass is 850 g/mol. The van der Waals surface area contributed by atoms with Gasteiger partial charge in [0.15, 0.2) is 29.3 Å². The molecule has 16 nitrogen and oxygen atoms in total. The van der Waals surface area contributed by atoms with Crippen LogP contribution in [0.5, 0.6) is 5.75 Å². The van der Waals surface area contributed by atoms with Crippen molar-refractivity contribution in [3.63, 3.8) is 0 Å². The Morgan fingerprint density at radius 1 is 0.935 bits per heavy atom. The molecule has 1 saturated heterocycles. The van der Waals surface area contributed by atoms with Crippen LogP contribution >= 0.6 is 0 Å². The van der Waals surface area contributed by atoms with E-state index in [9.17, 15) is 29.4 Å². The number of methoxy groups -OCH3 is 1. The van der Waals surface area contributed by atoms with Crippen molar-refractivity contribution in [1.82, 2.24) is 35.5 Å². The summed E-state index contributed by atoms with van der Waals surface area (Å²) in [6.07, 6.45) is -0.383. The summed E-state index contributed by atoms with van der Waals surface area (Å²) >= 11 is 0. The van der Waals surface area contributed by atoms with E-state index in [1.165, 1.54) is 17.2 Å². The number of ketones is 2. The predicted molar refractivity (Wildman–Crippen MR) is 232 cm³/mol. The predicted octanol–water partition coefficient (Wildman–Crippen LogP) is 3.68. The van der Waals surface area contributed by atoms with Gasteiger partial charge in [-0.1, -0.05) is 56.3 Å². The molecule has 3 heterocycles. The minimum Gasteiger partial charge on any atom is -0.497 e. The number of allylic oxidation sites excluding steroid dienone is 4. The van der Waals surface area contributed by atoms with E-state index < -0.39 is 41.9 Å². The number of ether oxygens (including phenoxy) is 2. The Balaban J connectivity index is 1.20. The molecule has 0 unspecified atom stereocenters. The van der Waals surface area contributed by atoms with Crippen molar-refractivity contribution < 1.29 is 38.9 Å². The zero-order valence-corrected chi connectivity index (χ0v) is 36.2. The summed E-state index contributed by atoms with van der Waals surface area (Å²) in [5.41, 5.74) is 9.06. The van der Waals surface area contributed by atoms with Crippen LogP contribution in [0, 0.1) is 11.3 Å². The van der Waals surface area contributed by atoms with Crippen LogP contribution in [0.25, 0.3) is 11.2 Å². The second-order valence-corrected chi connectivity index (χ2v) is 16.9. The molecular weight excluding hydrogens is 793 g/mol. The fourth-order valence-electron chi connectivity index (χ4n) is 8.45. The molecule has 0 bridgehead atoms. The topological polar surface area (TPSA) is 233 Å². The number of aliphatic hydroxyl groups is 2. The number of fused-ring (bicyclic) bond motifs is 1. The Labute approximate surface area is 361 Å². The number of nitrogens with two attached hydrogens (primary N) is 1. The minimum atomic E-state index is -1.31. The number of amides is 2. The molecule has 1 aliphatic heterocycles. The third-order valence-electron chi connectivity index (χ3n) is 12.0. The molecule has 2 aromatic carbocycles. The van der Waals surface area contributed by atoms with Gasteiger partial charge in [-0.05, 0) is 82.2 Å². The van der Waals surface area contributed by atoms with Gasteiger partial charge in [0.2, 0.25) is 11.8 Å². The number of carbonyl (C=O) groups is 4. The van der Waals surface area contributed by atoms with E-state index in [4.69, 9.17) is 15.2 Å². The van der Waals surface area contributed by atoms with E-state index in [2.05, 4.69) is 30.9 Å². The third-order valence-corrected chi connectivity index (χ3v) is 12.0. The Kier molecular flexibility index (Phi) is 14.7. The van der Waals surface area contributed by atoms with E-state index in [0.29, 0.717) is 78.1 Å². The number of benzene rings is 2. The normalized spacial score (nSPS) is 20.5. The number of nitrogen functional groups attached to an aromatic ring is 1. The highest BCUT2D eigenvalue weighted by atomic mass is 16.6. The van der Waals surface area contributed by atoms with E-state index in [0.717, 1.165) is 11.1 Å². The van der Waals surface area contributed by atoms with E-state index >= 15 is 0 Å². The molecule has 1 aliphatic carbocycles. The fraction of sp³-hybridized carbons (Fsp3) is 0.457. The molecule has 2 aliphatic rings. The highest BCUT2D eigenvalue weighted by Gasteiger charge is 2.45. The number of nitrogens with zero attached hydrogens (tertiary/aromatic N) is 4. The summed E-state index contributed by atoms with van der Waals surface area (Å²) in [5, 5.41) is 32.0. The number of carbonyl (C=O) groups excluding carboxylic acids is 4. The van der Waals surface area contributed by atoms with Crippen LogP contribution in [0.1, 0.15) is 77.7 Å². The first-order valence-electron chi connectivity index (χ1n) is 21.0. The van der Waals surface area contributed by atoms with Crippen LogP contribution in [0.3, 0.4) is 0 Å². The maximum atomic E-state index is 14.0. The highest BCUT2D eigenvalue weighted by molar-refractivity contribution is 6.25. The first-order valence-corrected chi connectivity index (χ1v) is 21.0. The van der Waals surface area contributed by atoms with Crippen LogP contribution < -0.4 is 26.4 Å². The van der Waals surface area contributed by atoms with Gasteiger partial charge in [0, 0.05) is 47.2 Å². The number of hydrogen-bond acceptors (Lipinski definition) is 13. The lowest BCUT2D eigenvalue weighted by molar-refractivity contribution is -0.130. The van der Waals surface area contributed by atoms with Crippen LogP contribution in [0.4, 0.5) is 5.82 Å². The van der Waals surface area contributed by atoms with Crippen LogP contribution in [0.15, 0.2) is 89.5 Å². The number of aliphatic hydroxyl groups excluding tert-OH is 2. The average molecular weight is 851 g/mol. The number of hydrogen-bond donors (Lipinski definition) is 6. The quantitative estimate of drug-likeness (QED) is 0.0741. The molecule has 0 spiro atoms. The lowest BCUT2D eigenvalue weighted by atomic mass is 9.71. The van der Waals surface area contributed by atoms with Gasteiger partial charge in [-0.15, -0.1) is 0 Å². The molecule has 16 heteroatoms. The number of rotatable bonds is 19. The van der Waals surface area contributed by atoms with Crippen molar-refractivity contribution in [2.24, 2.45) is 11.3 Å². The standard InChI is InChI=1S/C46H58N8O8/c1-26-27(2)39(57)36(28(3)38(26)56)46(4,5)21-35(55)53-33(44(60)49-18-17-29-13-10-14-32(19-29)61-6)16-15-31(23-48-22-30-11-8-7-9-12-30)20-34-40(58)41(59)45(62-34)54-25-52-37-42(47)50-24-51-43(37)54/h7-14,19,24-25,31,33-34,40-41,45,48,58-59H,15-18,20-23H2,1-6H3,(H,49,60)(H,53,55)(H2,47,50,51)/t31-,33+,34-,40-,41-,45-/m1/s1. The van der Waals surface area contributed by atoms with Crippen molar-refractivity contribution in [3.05, 3.63) is 101 Å². The van der Waals surface area contributed by atoms with E-state index in [-0.39, 0.29) is 42.1 Å². The van der Waals surface area contributed by atoms with Gasteiger partial charge in [0.25, 0.3) is 0 Å². The summed E-state index contributed by atoms with van der Waals surface area (Å²) in [7, 11) is 1.59. The van der Waals surface area contributed by atoms with Gasteiger partial charge in [-0.3, -0.25) is 23.7 Å². The van der Waals surface area contributed by atoms with Crippen molar-refractivity contribution in [1.29, 1.82) is 0 Å². The fourth-order valence-corrected chi connectivity index (χ4v) is 8.45. The van der Waals surface area contributed by atoms with Crippen molar-refractivity contribution in [2.75, 3.05) is 25.9 Å². The molecule has 2 amide bonds. The SMILES string of the molecule is COc1cccc(CCNC(=O)[C@H](CC[C@@H](CNCc2ccccc2)C[C@H]2O[C@@H](n3cnc4c(N)ncnc43)[C@H](O)[C@@H]2O)NC(=O)CC(C)(C)C2=C(C)C(=O)C(C)=C(C)C2=O)c1. The van der Waals surface area contributed by atoms with E-state index in [1.807, 2.05) is 54.6 Å². The molecule has 1 fully saturated rings. The summed E-state index contributed by atoms with van der Waals surface area (Å²) in [4.78, 5) is 67.1. The molecule has 2 aromatic heterocycles. The maximum absolute atomic E-state index is 14.0. The lowest BCUT2D eigenvalue weighted by Gasteiger charge is -2.32. The molecule has 0 radical (unpaired) electrons. The Morgan fingerprint density at radius 3 is 2.40 bits per heavy atom. The number of aromatic nitrogens is 4. The van der Waals surface area contributed by atoms with Gasteiger partial charge in [-0.2, -0.15) is 0 Å². The highest BCUT2D eigenvalue weighted by Crippen LogP contribution is 2.39. The van der Waals surface area contributed by atoms with Crippen molar-refractivity contribution in [2.45, 2.75) is 104 Å². The molecule has 6 rings (SSSR count). The Hall–Kier alpha value is -5.81. The second kappa shape index (κ2) is 19.9. The van der Waals surface area contributed by atoms with Crippen LogP contribution in [-0.2, 0) is 36.9 Å². The molecule has 4 aromatic rings. The first kappa shape index (κ1) is 45.7. The summed E-state index contributed by atoms with van der Waals surface area (Å²) in [6.45, 7) is 9.69. The lowest BCUT2D eigenvalue weighted by Crippen LogP contribution is -2.48. The minimum absolute atomic E-state index is 0.151. The van der Waals surface area contributed by atoms with Crippen LogP contribution in [0.2, 0.25) is 0 Å². The third kappa shape index (κ3) is 10.4. The number of Topliss-reactive ketones (excluding diaryl/α,β-unsaturated/α-hetero) is 2. The zero-order chi connectivity index (χ0) is 44.7. The summed E-state index contributed by atoms with van der Waals surface area (Å²) in [6, 6.07) is 16.4. The molecule has 7 N–H and O–H groups in total.